The van der Waals surface area contributed by atoms with E-state index in [1.54, 1.807) is 48.6 Å². The van der Waals surface area contributed by atoms with Crippen LogP contribution < -0.4 is 4.90 Å². The van der Waals surface area contributed by atoms with Gasteiger partial charge in [-0.05, 0) is 54.5 Å². The van der Waals surface area contributed by atoms with Gasteiger partial charge in [-0.1, -0.05) is 42.0 Å². The summed E-state index contributed by atoms with van der Waals surface area (Å²) in [6.07, 6.45) is 3.42. The van der Waals surface area contributed by atoms with Crippen LogP contribution in [0.25, 0.3) is 11.8 Å². The fourth-order valence-corrected chi connectivity index (χ4v) is 3.61. The molecule has 0 fully saturated rings. The molecule has 1 aliphatic rings. The van der Waals surface area contributed by atoms with E-state index in [1.165, 1.54) is 24.1 Å². The van der Waals surface area contributed by atoms with E-state index in [1.807, 2.05) is 31.2 Å². The van der Waals surface area contributed by atoms with Crippen LogP contribution in [0, 0.1) is 17.0 Å². The van der Waals surface area contributed by atoms with Crippen molar-refractivity contribution in [3.05, 3.63) is 117 Å². The third kappa shape index (κ3) is 4.29. The van der Waals surface area contributed by atoms with E-state index in [9.17, 15) is 19.7 Å². The quantitative estimate of drug-likeness (QED) is 0.237. The lowest BCUT2D eigenvalue weighted by atomic mass is 10.1. The van der Waals surface area contributed by atoms with Crippen LogP contribution in [0.1, 0.15) is 27.0 Å². The van der Waals surface area contributed by atoms with Gasteiger partial charge in [-0.25, -0.2) is 4.79 Å². The topological polar surface area (TPSA) is 89.8 Å². The Labute approximate surface area is 190 Å². The van der Waals surface area contributed by atoms with E-state index in [2.05, 4.69) is 0 Å². The molecule has 0 N–H and O–H groups in total. The van der Waals surface area contributed by atoms with Crippen molar-refractivity contribution in [3.63, 3.8) is 0 Å². The summed E-state index contributed by atoms with van der Waals surface area (Å²) in [6.45, 7) is 1.97. The number of carbonyl (C=O) groups is 2. The highest BCUT2D eigenvalue weighted by molar-refractivity contribution is 6.24. The zero-order valence-electron chi connectivity index (χ0n) is 18.0. The number of aryl methyl sites for hydroxylation is 1. The number of hydrogen-bond donors (Lipinski definition) is 0. The molecule has 0 aromatic heterocycles. The molecule has 1 aliphatic heterocycles. The number of non-ortho nitro benzene ring substituents is 1. The van der Waals surface area contributed by atoms with Crippen molar-refractivity contribution in [1.82, 2.24) is 0 Å². The number of benzene rings is 3. The van der Waals surface area contributed by atoms with Crippen LogP contribution in [-0.2, 0) is 9.53 Å². The van der Waals surface area contributed by atoms with Crippen molar-refractivity contribution in [2.45, 2.75) is 6.92 Å². The molecule has 0 atom stereocenters. The molecule has 3 aromatic carbocycles. The number of esters is 1. The maximum atomic E-state index is 13.5. The third-order valence-electron chi connectivity index (χ3n) is 5.31. The lowest BCUT2D eigenvalue weighted by Gasteiger charge is -2.23. The van der Waals surface area contributed by atoms with Gasteiger partial charge in [0.05, 0.1) is 29.0 Å². The van der Waals surface area contributed by atoms with Gasteiger partial charge in [0.25, 0.3) is 11.6 Å². The van der Waals surface area contributed by atoms with Crippen molar-refractivity contribution in [2.24, 2.45) is 0 Å². The smallest absolute Gasteiger partial charge is 0.339 e. The number of nitro benzene ring substituents is 1. The van der Waals surface area contributed by atoms with Crippen molar-refractivity contribution < 1.29 is 19.2 Å². The number of methoxy groups -OCH3 is 1. The average molecular weight is 440 g/mol. The zero-order valence-corrected chi connectivity index (χ0v) is 18.0. The van der Waals surface area contributed by atoms with Crippen LogP contribution in [0.2, 0.25) is 0 Å². The van der Waals surface area contributed by atoms with E-state index >= 15 is 0 Å². The molecule has 1 heterocycles. The third-order valence-corrected chi connectivity index (χ3v) is 5.31. The zero-order chi connectivity index (χ0) is 23.5. The first kappa shape index (κ1) is 21.7. The molecule has 7 nitrogen and oxygen atoms in total. The van der Waals surface area contributed by atoms with E-state index in [-0.39, 0.29) is 17.2 Å². The SMILES string of the molecule is COC(=O)c1ccccc1N1C(=O)/C(=C/c2ccc([N+](=O)[O-])cc2)C=C1c1ccc(C)cc1. The Morgan fingerprint density at radius 2 is 1.67 bits per heavy atom. The minimum Gasteiger partial charge on any atom is -0.465 e. The first-order valence-corrected chi connectivity index (χ1v) is 10.2. The fourth-order valence-electron chi connectivity index (χ4n) is 3.61. The number of rotatable bonds is 5. The summed E-state index contributed by atoms with van der Waals surface area (Å²) in [5.74, 6) is -0.866. The molecular formula is C26H20N2O5. The Morgan fingerprint density at radius 3 is 2.30 bits per heavy atom. The average Bonchev–Trinajstić information content (AvgIpc) is 3.15. The van der Waals surface area contributed by atoms with Gasteiger partial charge in [-0.3, -0.25) is 19.8 Å². The van der Waals surface area contributed by atoms with E-state index in [0.29, 0.717) is 22.5 Å². The summed E-state index contributed by atoms with van der Waals surface area (Å²) in [6, 6.07) is 20.4. The normalized spacial score (nSPS) is 14.4. The molecule has 0 bridgehead atoms. The van der Waals surface area contributed by atoms with Gasteiger partial charge >= 0.3 is 5.97 Å². The second kappa shape index (κ2) is 8.92. The summed E-state index contributed by atoms with van der Waals surface area (Å²) in [5, 5.41) is 10.9. The van der Waals surface area contributed by atoms with Crippen LogP contribution in [0.15, 0.2) is 84.4 Å². The molecule has 0 saturated heterocycles. The molecule has 3 aromatic rings. The van der Waals surface area contributed by atoms with Gasteiger partial charge in [-0.15, -0.1) is 0 Å². The number of hydrogen-bond acceptors (Lipinski definition) is 5. The Kier molecular flexibility index (Phi) is 5.87. The number of nitro groups is 1. The standard InChI is InChI=1S/C26H20N2O5/c1-17-7-11-19(12-8-17)24-16-20(15-18-9-13-21(14-10-18)28(31)32)25(29)27(24)23-6-4-3-5-22(23)26(30)33-2/h3-16H,1-2H3/b20-15+. The molecule has 0 radical (unpaired) electrons. The monoisotopic (exact) mass is 440 g/mol. The molecular weight excluding hydrogens is 420 g/mol. The summed E-state index contributed by atoms with van der Waals surface area (Å²) in [5.41, 5.74) is 4.18. The van der Waals surface area contributed by atoms with Crippen LogP contribution in [0.4, 0.5) is 11.4 Å². The van der Waals surface area contributed by atoms with Crippen LogP contribution in [0.5, 0.6) is 0 Å². The van der Waals surface area contributed by atoms with Crippen LogP contribution in [-0.4, -0.2) is 23.9 Å². The molecule has 0 unspecified atom stereocenters. The summed E-state index contributed by atoms with van der Waals surface area (Å²) in [7, 11) is 1.29. The Balaban J connectivity index is 1.84. The van der Waals surface area contributed by atoms with Crippen LogP contribution >= 0.6 is 0 Å². The van der Waals surface area contributed by atoms with E-state index in [0.717, 1.165) is 11.1 Å². The van der Waals surface area contributed by atoms with E-state index < -0.39 is 10.9 Å². The molecule has 1 amide bonds. The largest absolute Gasteiger partial charge is 0.465 e. The molecule has 33 heavy (non-hydrogen) atoms. The number of para-hydroxylation sites is 1. The summed E-state index contributed by atoms with van der Waals surface area (Å²) >= 11 is 0. The van der Waals surface area contributed by atoms with Crippen molar-refractivity contribution in [1.29, 1.82) is 0 Å². The highest BCUT2D eigenvalue weighted by Gasteiger charge is 2.33. The number of amides is 1. The first-order chi connectivity index (χ1) is 15.9. The predicted molar refractivity (Wildman–Crippen MR) is 125 cm³/mol. The van der Waals surface area contributed by atoms with Gasteiger partial charge in [0.1, 0.15) is 0 Å². The van der Waals surface area contributed by atoms with Gasteiger partial charge < -0.3 is 4.74 Å². The number of carbonyl (C=O) groups excluding carboxylic acids is 2. The minimum absolute atomic E-state index is 0.0283. The van der Waals surface area contributed by atoms with Gasteiger partial charge in [-0.2, -0.15) is 0 Å². The second-order valence-corrected chi connectivity index (χ2v) is 7.49. The molecule has 7 heteroatoms. The number of anilines is 1. The molecule has 0 spiro atoms. The molecule has 164 valence electrons. The number of ether oxygens (including phenoxy) is 1. The maximum Gasteiger partial charge on any atom is 0.339 e. The van der Waals surface area contributed by atoms with Crippen molar-refractivity contribution >= 4 is 35.0 Å². The van der Waals surface area contributed by atoms with Gasteiger partial charge in [0, 0.05) is 17.7 Å². The maximum absolute atomic E-state index is 13.5. The second-order valence-electron chi connectivity index (χ2n) is 7.49. The Bertz CT molecular complexity index is 1310. The van der Waals surface area contributed by atoms with Crippen molar-refractivity contribution in [3.8, 4) is 0 Å². The van der Waals surface area contributed by atoms with E-state index in [4.69, 9.17) is 4.74 Å². The minimum atomic E-state index is -0.547. The van der Waals surface area contributed by atoms with Gasteiger partial charge in [0.2, 0.25) is 0 Å². The highest BCUT2D eigenvalue weighted by Crippen LogP contribution is 2.37. The van der Waals surface area contributed by atoms with Gasteiger partial charge in [0.15, 0.2) is 0 Å². The molecule has 0 aliphatic carbocycles. The first-order valence-electron chi connectivity index (χ1n) is 10.2. The van der Waals surface area contributed by atoms with Crippen LogP contribution in [0.3, 0.4) is 0 Å². The Morgan fingerprint density at radius 1 is 1.00 bits per heavy atom. The lowest BCUT2D eigenvalue weighted by molar-refractivity contribution is -0.384. The lowest BCUT2D eigenvalue weighted by Crippen LogP contribution is -2.27. The number of nitrogens with zero attached hydrogens (tertiary/aromatic N) is 2. The highest BCUT2D eigenvalue weighted by atomic mass is 16.6. The predicted octanol–water partition coefficient (Wildman–Crippen LogP) is 5.16. The molecule has 4 rings (SSSR count). The Hall–Kier alpha value is -4.52. The molecule has 0 saturated carbocycles. The fraction of sp³-hybridized carbons (Fsp3) is 0.0769. The summed E-state index contributed by atoms with van der Waals surface area (Å²) in [4.78, 5) is 37.9. The summed E-state index contributed by atoms with van der Waals surface area (Å²) < 4.78 is 4.92. The van der Waals surface area contributed by atoms with Crippen molar-refractivity contribution in [2.75, 3.05) is 12.0 Å².